The number of hydrogen-bond donors (Lipinski definition) is 2. The SMILES string of the molecule is CC(=O)Nc1ccc(NC(=O)c2ccc(C(=O)N3CCN(C)CC3)cc2)cc1. The molecule has 2 aromatic carbocycles. The fourth-order valence-corrected chi connectivity index (χ4v) is 3.00. The van der Waals surface area contributed by atoms with E-state index in [1.807, 2.05) is 11.9 Å². The molecule has 7 heteroatoms. The number of nitrogens with zero attached hydrogens (tertiary/aromatic N) is 2. The van der Waals surface area contributed by atoms with Gasteiger partial charge in [-0.3, -0.25) is 14.4 Å². The maximum Gasteiger partial charge on any atom is 0.255 e. The van der Waals surface area contributed by atoms with Crippen LogP contribution in [0.3, 0.4) is 0 Å². The molecule has 0 aromatic heterocycles. The lowest BCUT2D eigenvalue weighted by molar-refractivity contribution is -0.114. The van der Waals surface area contributed by atoms with Crippen molar-refractivity contribution < 1.29 is 14.4 Å². The van der Waals surface area contributed by atoms with Gasteiger partial charge in [0.1, 0.15) is 0 Å². The predicted molar refractivity (Wildman–Crippen MR) is 109 cm³/mol. The normalized spacial score (nSPS) is 14.4. The van der Waals surface area contributed by atoms with Crippen LogP contribution in [0.4, 0.5) is 11.4 Å². The maximum atomic E-state index is 12.6. The van der Waals surface area contributed by atoms with E-state index in [2.05, 4.69) is 15.5 Å². The molecule has 3 rings (SSSR count). The largest absolute Gasteiger partial charge is 0.336 e. The Morgan fingerprint density at radius 1 is 0.750 bits per heavy atom. The van der Waals surface area contributed by atoms with Gasteiger partial charge < -0.3 is 20.4 Å². The zero-order valence-electron chi connectivity index (χ0n) is 16.1. The van der Waals surface area contributed by atoms with Crippen LogP contribution < -0.4 is 10.6 Å². The minimum atomic E-state index is -0.258. The van der Waals surface area contributed by atoms with Crippen LogP contribution in [0.2, 0.25) is 0 Å². The predicted octanol–water partition coefficient (Wildman–Crippen LogP) is 2.28. The molecule has 0 aliphatic carbocycles. The number of benzene rings is 2. The molecule has 1 saturated heterocycles. The van der Waals surface area contributed by atoms with Crippen molar-refractivity contribution in [3.05, 3.63) is 59.7 Å². The third-order valence-electron chi connectivity index (χ3n) is 4.65. The molecule has 0 spiro atoms. The van der Waals surface area contributed by atoms with E-state index in [1.54, 1.807) is 48.5 Å². The molecule has 7 nitrogen and oxygen atoms in total. The summed E-state index contributed by atoms with van der Waals surface area (Å²) in [7, 11) is 2.04. The van der Waals surface area contributed by atoms with Gasteiger partial charge in [-0.1, -0.05) is 0 Å². The Balaban J connectivity index is 1.60. The molecule has 2 aromatic rings. The van der Waals surface area contributed by atoms with Crippen LogP contribution in [0, 0.1) is 0 Å². The molecule has 146 valence electrons. The molecule has 3 amide bonds. The smallest absolute Gasteiger partial charge is 0.255 e. The summed E-state index contributed by atoms with van der Waals surface area (Å²) in [5, 5.41) is 5.48. The standard InChI is InChI=1S/C21H24N4O3/c1-15(26)22-18-7-9-19(10-8-18)23-20(27)16-3-5-17(6-4-16)21(28)25-13-11-24(2)12-14-25/h3-10H,11-14H2,1-2H3,(H,22,26)(H,23,27). The van der Waals surface area contributed by atoms with E-state index < -0.39 is 0 Å². The number of anilines is 2. The molecule has 0 unspecified atom stereocenters. The van der Waals surface area contributed by atoms with E-state index in [9.17, 15) is 14.4 Å². The Kier molecular flexibility index (Phi) is 6.06. The summed E-state index contributed by atoms with van der Waals surface area (Å²) >= 11 is 0. The lowest BCUT2D eigenvalue weighted by Crippen LogP contribution is -2.47. The first-order valence-corrected chi connectivity index (χ1v) is 9.19. The molecule has 0 radical (unpaired) electrons. The van der Waals surface area contributed by atoms with Crippen molar-refractivity contribution in [2.45, 2.75) is 6.92 Å². The zero-order valence-corrected chi connectivity index (χ0v) is 16.1. The van der Waals surface area contributed by atoms with Gasteiger partial charge in [0.2, 0.25) is 5.91 Å². The van der Waals surface area contributed by atoms with Crippen LogP contribution in [0.5, 0.6) is 0 Å². The Morgan fingerprint density at radius 2 is 1.25 bits per heavy atom. The van der Waals surface area contributed by atoms with E-state index in [-0.39, 0.29) is 17.7 Å². The summed E-state index contributed by atoms with van der Waals surface area (Å²) in [5.74, 6) is -0.414. The second-order valence-electron chi connectivity index (χ2n) is 6.89. The molecule has 1 aliphatic rings. The summed E-state index contributed by atoms with van der Waals surface area (Å²) in [6.45, 7) is 4.60. The van der Waals surface area contributed by atoms with E-state index in [0.29, 0.717) is 35.6 Å². The van der Waals surface area contributed by atoms with E-state index in [0.717, 1.165) is 13.1 Å². The third kappa shape index (κ3) is 4.95. The van der Waals surface area contributed by atoms with Crippen LogP contribution in [0.25, 0.3) is 0 Å². The van der Waals surface area contributed by atoms with Gasteiger partial charge in [-0.05, 0) is 55.6 Å². The molecule has 1 heterocycles. The Morgan fingerprint density at radius 3 is 1.79 bits per heavy atom. The average molecular weight is 380 g/mol. The lowest BCUT2D eigenvalue weighted by atomic mass is 10.1. The highest BCUT2D eigenvalue weighted by atomic mass is 16.2. The molecule has 28 heavy (non-hydrogen) atoms. The van der Waals surface area contributed by atoms with Crippen LogP contribution in [0.1, 0.15) is 27.6 Å². The van der Waals surface area contributed by atoms with Crippen LogP contribution >= 0.6 is 0 Å². The van der Waals surface area contributed by atoms with Crippen LogP contribution in [-0.2, 0) is 4.79 Å². The fourth-order valence-electron chi connectivity index (χ4n) is 3.00. The molecule has 0 saturated carbocycles. The number of amides is 3. The van der Waals surface area contributed by atoms with Gasteiger partial charge in [0.15, 0.2) is 0 Å². The zero-order chi connectivity index (χ0) is 20.1. The van der Waals surface area contributed by atoms with Gasteiger partial charge in [0, 0.05) is 55.6 Å². The number of likely N-dealkylation sites (N-methyl/N-ethyl adjacent to an activating group) is 1. The Bertz CT molecular complexity index is 854. The number of nitrogens with one attached hydrogen (secondary N) is 2. The number of piperazine rings is 1. The van der Waals surface area contributed by atoms with E-state index >= 15 is 0 Å². The van der Waals surface area contributed by atoms with Gasteiger partial charge in [0.05, 0.1) is 0 Å². The third-order valence-corrected chi connectivity index (χ3v) is 4.65. The van der Waals surface area contributed by atoms with Gasteiger partial charge >= 0.3 is 0 Å². The highest BCUT2D eigenvalue weighted by Gasteiger charge is 2.20. The fraction of sp³-hybridized carbons (Fsp3) is 0.286. The molecule has 0 bridgehead atoms. The summed E-state index contributed by atoms with van der Waals surface area (Å²) in [6, 6.07) is 13.6. The molecule has 1 aliphatic heterocycles. The highest BCUT2D eigenvalue weighted by Crippen LogP contribution is 2.15. The van der Waals surface area contributed by atoms with Crippen molar-refractivity contribution in [3.63, 3.8) is 0 Å². The summed E-state index contributed by atoms with van der Waals surface area (Å²) < 4.78 is 0. The number of rotatable bonds is 4. The molecule has 1 fully saturated rings. The van der Waals surface area contributed by atoms with Gasteiger partial charge in [-0.15, -0.1) is 0 Å². The topological polar surface area (TPSA) is 81.8 Å². The van der Waals surface area contributed by atoms with Crippen LogP contribution in [0.15, 0.2) is 48.5 Å². The van der Waals surface area contributed by atoms with Gasteiger partial charge in [-0.25, -0.2) is 0 Å². The van der Waals surface area contributed by atoms with Crippen molar-refractivity contribution in [3.8, 4) is 0 Å². The van der Waals surface area contributed by atoms with Crippen molar-refractivity contribution >= 4 is 29.1 Å². The second kappa shape index (κ2) is 8.67. The van der Waals surface area contributed by atoms with Crippen molar-refractivity contribution in [1.29, 1.82) is 0 Å². The Labute approximate surface area is 164 Å². The van der Waals surface area contributed by atoms with E-state index in [1.165, 1.54) is 6.92 Å². The quantitative estimate of drug-likeness (QED) is 0.853. The van der Waals surface area contributed by atoms with Gasteiger partial charge in [-0.2, -0.15) is 0 Å². The van der Waals surface area contributed by atoms with Crippen molar-refractivity contribution in [2.24, 2.45) is 0 Å². The van der Waals surface area contributed by atoms with E-state index in [4.69, 9.17) is 0 Å². The van der Waals surface area contributed by atoms with Crippen molar-refractivity contribution in [2.75, 3.05) is 43.9 Å². The summed E-state index contributed by atoms with van der Waals surface area (Å²) in [5.41, 5.74) is 2.34. The maximum absolute atomic E-state index is 12.6. The second-order valence-corrected chi connectivity index (χ2v) is 6.89. The molecular formula is C21H24N4O3. The van der Waals surface area contributed by atoms with Crippen molar-refractivity contribution in [1.82, 2.24) is 9.80 Å². The first kappa shape index (κ1) is 19.6. The number of hydrogen-bond acceptors (Lipinski definition) is 4. The Hall–Kier alpha value is -3.19. The van der Waals surface area contributed by atoms with Gasteiger partial charge in [0.25, 0.3) is 11.8 Å². The highest BCUT2D eigenvalue weighted by molar-refractivity contribution is 6.05. The summed E-state index contributed by atoms with van der Waals surface area (Å²) in [6.07, 6.45) is 0. The number of carbonyl (C=O) groups is 3. The summed E-state index contributed by atoms with van der Waals surface area (Å²) in [4.78, 5) is 40.1. The number of carbonyl (C=O) groups excluding carboxylic acids is 3. The monoisotopic (exact) mass is 380 g/mol. The lowest BCUT2D eigenvalue weighted by Gasteiger charge is -2.32. The minimum absolute atomic E-state index is 0.00591. The average Bonchev–Trinajstić information content (AvgIpc) is 2.69. The minimum Gasteiger partial charge on any atom is -0.336 e. The molecule has 2 N–H and O–H groups in total. The molecule has 0 atom stereocenters. The molecular weight excluding hydrogens is 356 g/mol. The first-order valence-electron chi connectivity index (χ1n) is 9.19. The van der Waals surface area contributed by atoms with Crippen LogP contribution in [-0.4, -0.2) is 60.7 Å². The first-order chi connectivity index (χ1) is 13.4.